The molecule has 10 nitrogen and oxygen atoms in total. The first-order valence-corrected chi connectivity index (χ1v) is 17.0. The Balaban J connectivity index is 1.73. The molecule has 2 heterocycles. The van der Waals surface area contributed by atoms with Crippen molar-refractivity contribution in [1.29, 1.82) is 0 Å². The standard InChI is InChI=1S/C31H46N2O8S2/c1-20(34)30(3,4)12-8-14-42-24-16-28(40)32(18-22(24)36)26(38)10-7-11-27(39)33-19-23(37)25(17-29(33)41)43-15-9-13-31(5,6)21(2)35/h24-25H,7-19H2,1-6H3. The topological polar surface area (TPSA) is 143 Å². The number of nitrogens with zero attached hydrogens (tertiary/aromatic N) is 2. The maximum atomic E-state index is 12.7. The highest BCUT2D eigenvalue weighted by Gasteiger charge is 2.38. The molecule has 2 aliphatic rings. The minimum absolute atomic E-state index is 0.0671. The van der Waals surface area contributed by atoms with Crippen molar-refractivity contribution in [2.24, 2.45) is 10.8 Å². The second-order valence-corrected chi connectivity index (χ2v) is 15.4. The highest BCUT2D eigenvalue weighted by molar-refractivity contribution is 8.00. The Labute approximate surface area is 263 Å². The largest absolute Gasteiger partial charge is 0.299 e. The summed E-state index contributed by atoms with van der Waals surface area (Å²) in [6, 6.07) is 0. The molecular formula is C31H46N2O8S2. The van der Waals surface area contributed by atoms with Crippen molar-refractivity contribution >= 4 is 70.3 Å². The van der Waals surface area contributed by atoms with Crippen LogP contribution in [0.1, 0.15) is 99.3 Å². The Bertz CT molecular complexity index is 1050. The molecule has 0 spiro atoms. The molecule has 240 valence electrons. The molecule has 2 aliphatic heterocycles. The maximum Gasteiger partial charge on any atom is 0.231 e. The molecule has 0 radical (unpaired) electrons. The van der Waals surface area contributed by atoms with Crippen LogP contribution in [-0.4, -0.2) is 91.7 Å². The van der Waals surface area contributed by atoms with Gasteiger partial charge >= 0.3 is 0 Å². The average molecular weight is 639 g/mol. The molecule has 2 saturated heterocycles. The third-order valence-electron chi connectivity index (χ3n) is 8.49. The number of rotatable bonds is 16. The zero-order valence-corrected chi connectivity index (χ0v) is 28.0. The predicted molar refractivity (Wildman–Crippen MR) is 166 cm³/mol. The number of hydrogen-bond acceptors (Lipinski definition) is 10. The van der Waals surface area contributed by atoms with Crippen LogP contribution >= 0.6 is 23.5 Å². The molecule has 2 rings (SSSR count). The van der Waals surface area contributed by atoms with E-state index in [1.54, 1.807) is 13.8 Å². The van der Waals surface area contributed by atoms with E-state index in [4.69, 9.17) is 0 Å². The summed E-state index contributed by atoms with van der Waals surface area (Å²) in [5.41, 5.74) is -0.850. The quantitative estimate of drug-likeness (QED) is 0.229. The zero-order chi connectivity index (χ0) is 32.5. The van der Waals surface area contributed by atoms with Gasteiger partial charge in [0.25, 0.3) is 0 Å². The molecule has 0 aromatic carbocycles. The number of ketones is 4. The van der Waals surface area contributed by atoms with Crippen molar-refractivity contribution in [1.82, 2.24) is 9.80 Å². The fourth-order valence-electron chi connectivity index (χ4n) is 4.71. The summed E-state index contributed by atoms with van der Waals surface area (Å²) in [7, 11) is 0. The number of hydrogen-bond donors (Lipinski definition) is 0. The SMILES string of the molecule is CC(=O)C(C)(C)CCCSC1CC(=O)N(C(=O)CCCC(=O)N2CC(=O)C(SCCCC(C)(C)C(C)=O)CC2=O)CC1=O. The van der Waals surface area contributed by atoms with Crippen molar-refractivity contribution < 1.29 is 38.4 Å². The summed E-state index contributed by atoms with van der Waals surface area (Å²) >= 11 is 2.75. The van der Waals surface area contributed by atoms with Gasteiger partial charge in [-0.2, -0.15) is 23.5 Å². The lowest BCUT2D eigenvalue weighted by Gasteiger charge is -2.30. The number of likely N-dealkylation sites (tertiary alicyclic amines) is 2. The fraction of sp³-hybridized carbons (Fsp3) is 0.742. The van der Waals surface area contributed by atoms with Crippen LogP contribution in [0.4, 0.5) is 0 Å². The summed E-state index contributed by atoms with van der Waals surface area (Å²) in [5, 5.41) is -1.04. The van der Waals surface area contributed by atoms with E-state index in [-0.39, 0.29) is 68.3 Å². The average Bonchev–Trinajstić information content (AvgIpc) is 2.91. The van der Waals surface area contributed by atoms with Gasteiger partial charge in [-0.15, -0.1) is 0 Å². The minimum Gasteiger partial charge on any atom is -0.299 e. The zero-order valence-electron chi connectivity index (χ0n) is 26.3. The van der Waals surface area contributed by atoms with Gasteiger partial charge in [0.05, 0.1) is 23.6 Å². The lowest BCUT2D eigenvalue weighted by atomic mass is 9.84. The van der Waals surface area contributed by atoms with Crippen LogP contribution in [0.5, 0.6) is 0 Å². The summed E-state index contributed by atoms with van der Waals surface area (Å²) in [6.45, 7) is 10.1. The second kappa shape index (κ2) is 16.1. The summed E-state index contributed by atoms with van der Waals surface area (Å²) < 4.78 is 0. The van der Waals surface area contributed by atoms with Crippen LogP contribution in [0.2, 0.25) is 0 Å². The number of carbonyl (C=O) groups is 8. The lowest BCUT2D eigenvalue weighted by molar-refractivity contribution is -0.151. The Kier molecular flexibility index (Phi) is 13.8. The number of thioether (sulfide) groups is 2. The van der Waals surface area contributed by atoms with Crippen molar-refractivity contribution in [2.45, 2.75) is 110 Å². The van der Waals surface area contributed by atoms with E-state index in [2.05, 4.69) is 0 Å². The van der Waals surface area contributed by atoms with Crippen molar-refractivity contribution in [3.63, 3.8) is 0 Å². The molecule has 4 amide bonds. The van der Waals surface area contributed by atoms with Crippen LogP contribution in [0.3, 0.4) is 0 Å². The number of carbonyl (C=O) groups excluding carboxylic acids is 8. The van der Waals surface area contributed by atoms with Gasteiger partial charge in [-0.05, 0) is 57.5 Å². The minimum atomic E-state index is -0.539. The van der Waals surface area contributed by atoms with E-state index in [9.17, 15) is 38.4 Å². The highest BCUT2D eigenvalue weighted by atomic mass is 32.2. The number of piperidine rings is 2. The Morgan fingerprint density at radius 1 is 0.651 bits per heavy atom. The highest BCUT2D eigenvalue weighted by Crippen LogP contribution is 2.29. The third-order valence-corrected chi connectivity index (χ3v) is 11.2. The van der Waals surface area contributed by atoms with Crippen LogP contribution in [0, 0.1) is 10.8 Å². The van der Waals surface area contributed by atoms with Crippen molar-refractivity contribution in [3.05, 3.63) is 0 Å². The van der Waals surface area contributed by atoms with Crippen LogP contribution in [0.25, 0.3) is 0 Å². The monoisotopic (exact) mass is 638 g/mol. The molecule has 0 aromatic rings. The van der Waals surface area contributed by atoms with Crippen LogP contribution in [0.15, 0.2) is 0 Å². The Morgan fingerprint density at radius 3 is 1.33 bits per heavy atom. The molecule has 2 atom stereocenters. The summed E-state index contributed by atoms with van der Waals surface area (Å²) in [5.74, 6) is -0.860. The number of Topliss-reactive ketones (excluding diaryl/α,β-unsaturated/α-hetero) is 4. The summed E-state index contributed by atoms with van der Waals surface area (Å²) in [4.78, 5) is 101. The van der Waals surface area contributed by atoms with E-state index in [1.807, 2.05) is 27.7 Å². The Morgan fingerprint density at radius 2 is 1.00 bits per heavy atom. The first-order valence-electron chi connectivity index (χ1n) is 14.9. The van der Waals surface area contributed by atoms with Gasteiger partial charge < -0.3 is 0 Å². The van der Waals surface area contributed by atoms with Gasteiger partial charge in [-0.25, -0.2) is 0 Å². The first-order chi connectivity index (χ1) is 20.0. The maximum absolute atomic E-state index is 12.7. The molecule has 0 aliphatic carbocycles. The van der Waals surface area contributed by atoms with Crippen molar-refractivity contribution in [2.75, 3.05) is 24.6 Å². The van der Waals surface area contributed by atoms with Gasteiger partial charge in [0.2, 0.25) is 23.6 Å². The predicted octanol–water partition coefficient (Wildman–Crippen LogP) is 3.81. The number of amides is 4. The van der Waals surface area contributed by atoms with E-state index in [0.717, 1.165) is 22.6 Å². The first kappa shape index (κ1) is 36.8. The number of imide groups is 2. The van der Waals surface area contributed by atoms with Gasteiger partial charge in [0.15, 0.2) is 11.6 Å². The molecule has 0 aromatic heterocycles. The van der Waals surface area contributed by atoms with Gasteiger partial charge in [0, 0.05) is 36.5 Å². The van der Waals surface area contributed by atoms with E-state index >= 15 is 0 Å². The van der Waals surface area contributed by atoms with E-state index in [0.29, 0.717) is 24.3 Å². The van der Waals surface area contributed by atoms with Gasteiger partial charge in [0.1, 0.15) is 11.6 Å². The van der Waals surface area contributed by atoms with E-state index < -0.39 is 45.0 Å². The Hall–Kier alpha value is -2.34. The van der Waals surface area contributed by atoms with Crippen LogP contribution in [-0.2, 0) is 38.4 Å². The van der Waals surface area contributed by atoms with Gasteiger partial charge in [-0.3, -0.25) is 48.2 Å². The fourth-order valence-corrected chi connectivity index (χ4v) is 6.94. The smallest absolute Gasteiger partial charge is 0.231 e. The molecule has 0 saturated carbocycles. The molecule has 0 N–H and O–H groups in total. The third kappa shape index (κ3) is 11.0. The van der Waals surface area contributed by atoms with Crippen LogP contribution < -0.4 is 0 Å². The lowest BCUT2D eigenvalue weighted by Crippen LogP contribution is -2.49. The molecule has 0 bridgehead atoms. The molecule has 12 heteroatoms. The van der Waals surface area contributed by atoms with Crippen molar-refractivity contribution in [3.8, 4) is 0 Å². The molecular weight excluding hydrogens is 592 g/mol. The van der Waals surface area contributed by atoms with Gasteiger partial charge in [-0.1, -0.05) is 27.7 Å². The molecule has 2 unspecified atom stereocenters. The second-order valence-electron chi connectivity index (χ2n) is 12.7. The molecule has 43 heavy (non-hydrogen) atoms. The molecule has 2 fully saturated rings. The normalized spacial score (nSPS) is 20.0. The van der Waals surface area contributed by atoms with E-state index in [1.165, 1.54) is 23.5 Å². The summed E-state index contributed by atoms with van der Waals surface area (Å²) in [6.07, 6.45) is 2.53.